The molecule has 0 atom stereocenters. The van der Waals surface area contributed by atoms with Crippen LogP contribution in [0.25, 0.3) is 10.9 Å². The van der Waals surface area contributed by atoms with E-state index in [-0.39, 0.29) is 18.0 Å². The lowest BCUT2D eigenvalue weighted by Crippen LogP contribution is -2.03. The van der Waals surface area contributed by atoms with E-state index in [1.54, 1.807) is 44.6 Å². The van der Waals surface area contributed by atoms with Crippen LogP contribution in [0.1, 0.15) is 10.4 Å². The number of ether oxygens (including phenoxy) is 2. The lowest BCUT2D eigenvalue weighted by molar-refractivity contribution is 0.0699. The number of carbonyl (C=O) groups is 1. The van der Waals surface area contributed by atoms with Gasteiger partial charge in [-0.05, 0) is 24.3 Å². The van der Waals surface area contributed by atoms with Gasteiger partial charge < -0.3 is 19.9 Å². The first-order valence-electron chi connectivity index (χ1n) is 7.10. The average Bonchev–Trinajstić information content (AvgIpc) is 2.61. The van der Waals surface area contributed by atoms with Crippen LogP contribution in [0.5, 0.6) is 11.5 Å². The Kier molecular flexibility index (Phi) is 5.61. The highest BCUT2D eigenvalue weighted by atomic mass is 35.5. The number of fused-ring (bicyclic) bond motifs is 1. The summed E-state index contributed by atoms with van der Waals surface area (Å²) in [6.45, 7) is 0. The van der Waals surface area contributed by atoms with Crippen molar-refractivity contribution in [2.45, 2.75) is 0 Å². The number of hydrogen-bond acceptors (Lipinski definition) is 6. The van der Waals surface area contributed by atoms with Crippen molar-refractivity contribution in [3.8, 4) is 11.5 Å². The Hall–Kier alpha value is -3.06. The molecule has 0 fully saturated rings. The first-order chi connectivity index (χ1) is 11.6. The normalized spacial score (nSPS) is 10.0. The second-order valence-electron chi connectivity index (χ2n) is 4.92. The van der Waals surface area contributed by atoms with Gasteiger partial charge in [0.15, 0.2) is 11.5 Å². The zero-order valence-corrected chi connectivity index (χ0v) is 14.3. The summed E-state index contributed by atoms with van der Waals surface area (Å²) in [6, 6.07) is 10.2. The second-order valence-corrected chi connectivity index (χ2v) is 4.92. The molecule has 0 aliphatic carbocycles. The Morgan fingerprint density at radius 1 is 1.08 bits per heavy atom. The molecule has 0 unspecified atom stereocenters. The van der Waals surface area contributed by atoms with Gasteiger partial charge in [0.25, 0.3) is 0 Å². The third-order valence-electron chi connectivity index (χ3n) is 3.54. The van der Waals surface area contributed by atoms with Crippen molar-refractivity contribution in [3.63, 3.8) is 0 Å². The summed E-state index contributed by atoms with van der Waals surface area (Å²) >= 11 is 0. The number of anilines is 2. The van der Waals surface area contributed by atoms with E-state index < -0.39 is 5.97 Å². The van der Waals surface area contributed by atoms with Gasteiger partial charge in [-0.1, -0.05) is 6.07 Å². The minimum Gasteiger partial charge on any atom is -0.493 e. The Morgan fingerprint density at radius 2 is 1.84 bits per heavy atom. The molecule has 2 N–H and O–H groups in total. The van der Waals surface area contributed by atoms with Crippen LogP contribution >= 0.6 is 12.4 Å². The quantitative estimate of drug-likeness (QED) is 0.718. The molecule has 1 aromatic heterocycles. The lowest BCUT2D eigenvalue weighted by Gasteiger charge is -2.12. The van der Waals surface area contributed by atoms with Crippen molar-refractivity contribution in [1.29, 1.82) is 0 Å². The first-order valence-corrected chi connectivity index (χ1v) is 7.10. The highest BCUT2D eigenvalue weighted by Gasteiger charge is 2.14. The van der Waals surface area contributed by atoms with Crippen LogP contribution in [-0.4, -0.2) is 35.3 Å². The Labute approximate surface area is 150 Å². The number of aromatic carboxylic acids is 1. The average molecular weight is 362 g/mol. The Balaban J connectivity index is 0.00000225. The van der Waals surface area contributed by atoms with Crippen LogP contribution in [0.3, 0.4) is 0 Å². The number of methoxy groups -OCH3 is 2. The smallest absolute Gasteiger partial charge is 0.336 e. The molecular weight excluding hydrogens is 346 g/mol. The van der Waals surface area contributed by atoms with Crippen LogP contribution in [0.4, 0.5) is 11.5 Å². The summed E-state index contributed by atoms with van der Waals surface area (Å²) < 4.78 is 10.5. The molecule has 0 saturated carbocycles. The Morgan fingerprint density at radius 3 is 2.52 bits per heavy atom. The van der Waals surface area contributed by atoms with Crippen LogP contribution in [0.2, 0.25) is 0 Å². The predicted octanol–water partition coefficient (Wildman–Crippen LogP) is 3.51. The first kappa shape index (κ1) is 18.3. The van der Waals surface area contributed by atoms with Crippen LogP contribution in [-0.2, 0) is 0 Å². The molecule has 0 saturated heterocycles. The molecular formula is C17H16ClN3O4. The van der Waals surface area contributed by atoms with Crippen LogP contribution in [0.15, 0.2) is 42.7 Å². The van der Waals surface area contributed by atoms with Gasteiger partial charge in [0.1, 0.15) is 12.1 Å². The molecule has 0 radical (unpaired) electrons. The molecule has 0 amide bonds. The maximum Gasteiger partial charge on any atom is 0.336 e. The van der Waals surface area contributed by atoms with Gasteiger partial charge in [0.2, 0.25) is 0 Å². The van der Waals surface area contributed by atoms with E-state index in [2.05, 4.69) is 15.3 Å². The van der Waals surface area contributed by atoms with E-state index in [0.29, 0.717) is 33.9 Å². The SMILES string of the molecule is COc1ccc(Nc2ncnc3cccc(C(=O)O)c23)cc1OC.Cl. The minimum absolute atomic E-state index is 0. The summed E-state index contributed by atoms with van der Waals surface area (Å²) in [7, 11) is 3.10. The van der Waals surface area contributed by atoms with Gasteiger partial charge in [-0.3, -0.25) is 0 Å². The van der Waals surface area contributed by atoms with Gasteiger partial charge >= 0.3 is 5.97 Å². The third kappa shape index (κ3) is 3.56. The van der Waals surface area contributed by atoms with Crippen molar-refractivity contribution in [3.05, 3.63) is 48.3 Å². The van der Waals surface area contributed by atoms with Crippen LogP contribution < -0.4 is 14.8 Å². The maximum absolute atomic E-state index is 11.5. The van der Waals surface area contributed by atoms with Gasteiger partial charge in [-0.15, -0.1) is 12.4 Å². The van der Waals surface area contributed by atoms with Crippen molar-refractivity contribution >= 4 is 40.8 Å². The maximum atomic E-state index is 11.5. The fraction of sp³-hybridized carbons (Fsp3) is 0.118. The van der Waals surface area contributed by atoms with Gasteiger partial charge in [0.05, 0.1) is 30.7 Å². The summed E-state index contributed by atoms with van der Waals surface area (Å²) in [6.07, 6.45) is 1.39. The molecule has 0 spiro atoms. The molecule has 2 aromatic carbocycles. The second kappa shape index (κ2) is 7.67. The lowest BCUT2D eigenvalue weighted by atomic mass is 10.1. The number of hydrogen-bond donors (Lipinski definition) is 2. The molecule has 0 bridgehead atoms. The molecule has 3 rings (SSSR count). The van der Waals surface area contributed by atoms with Gasteiger partial charge in [-0.2, -0.15) is 0 Å². The number of aromatic nitrogens is 2. The van der Waals surface area contributed by atoms with E-state index in [0.717, 1.165) is 0 Å². The van der Waals surface area contributed by atoms with Gasteiger partial charge in [-0.25, -0.2) is 14.8 Å². The van der Waals surface area contributed by atoms with E-state index in [9.17, 15) is 9.90 Å². The van der Waals surface area contributed by atoms with E-state index in [1.165, 1.54) is 12.4 Å². The fourth-order valence-corrected chi connectivity index (χ4v) is 2.43. The largest absolute Gasteiger partial charge is 0.493 e. The number of halogens is 1. The zero-order valence-electron chi connectivity index (χ0n) is 13.5. The minimum atomic E-state index is -1.04. The van der Waals surface area contributed by atoms with E-state index >= 15 is 0 Å². The summed E-state index contributed by atoms with van der Waals surface area (Å²) in [4.78, 5) is 19.8. The molecule has 0 aliphatic heterocycles. The Bertz CT molecular complexity index is 912. The summed E-state index contributed by atoms with van der Waals surface area (Å²) in [5.74, 6) is 0.525. The molecule has 25 heavy (non-hydrogen) atoms. The monoisotopic (exact) mass is 361 g/mol. The number of carboxylic acid groups (broad SMARTS) is 1. The topological polar surface area (TPSA) is 93.6 Å². The van der Waals surface area contributed by atoms with Crippen molar-refractivity contribution in [2.24, 2.45) is 0 Å². The number of nitrogens with zero attached hydrogens (tertiary/aromatic N) is 2. The van der Waals surface area contributed by atoms with Crippen molar-refractivity contribution in [2.75, 3.05) is 19.5 Å². The van der Waals surface area contributed by atoms with Crippen molar-refractivity contribution < 1.29 is 19.4 Å². The highest BCUT2D eigenvalue weighted by Crippen LogP contribution is 2.32. The summed E-state index contributed by atoms with van der Waals surface area (Å²) in [5.41, 5.74) is 1.37. The summed E-state index contributed by atoms with van der Waals surface area (Å²) in [5, 5.41) is 13.0. The van der Waals surface area contributed by atoms with Gasteiger partial charge in [0, 0.05) is 11.8 Å². The molecule has 7 nitrogen and oxygen atoms in total. The third-order valence-corrected chi connectivity index (χ3v) is 3.54. The zero-order chi connectivity index (χ0) is 17.1. The predicted molar refractivity (Wildman–Crippen MR) is 96.6 cm³/mol. The number of benzene rings is 2. The number of carboxylic acids is 1. The molecule has 3 aromatic rings. The molecule has 1 heterocycles. The number of nitrogens with one attached hydrogen (secondary N) is 1. The van der Waals surface area contributed by atoms with E-state index in [1.807, 2.05) is 0 Å². The highest BCUT2D eigenvalue weighted by molar-refractivity contribution is 6.07. The number of rotatable bonds is 5. The van der Waals surface area contributed by atoms with Crippen LogP contribution in [0, 0.1) is 0 Å². The van der Waals surface area contributed by atoms with Crippen molar-refractivity contribution in [1.82, 2.24) is 9.97 Å². The molecule has 130 valence electrons. The van der Waals surface area contributed by atoms with E-state index in [4.69, 9.17) is 9.47 Å². The standard InChI is InChI=1S/C17H15N3O4.ClH/c1-23-13-7-6-10(8-14(13)24-2)20-16-15-11(17(21)22)4-3-5-12(15)18-9-19-16;/h3-9H,1-2H3,(H,21,22)(H,18,19,20);1H. The molecule has 8 heteroatoms. The molecule has 0 aliphatic rings. The fourth-order valence-electron chi connectivity index (χ4n) is 2.43.